The van der Waals surface area contributed by atoms with E-state index in [1.807, 2.05) is 41.5 Å². The number of hydrogen-bond donors (Lipinski definition) is 8. The predicted octanol–water partition coefficient (Wildman–Crippen LogP) is -0.477. The summed E-state index contributed by atoms with van der Waals surface area (Å²) in [4.78, 5) is 128. The minimum Gasteiger partial charge on any atom is -0.744 e. The quantitative estimate of drug-likeness (QED) is 0.0377. The minimum atomic E-state index is -4.81. The molecule has 2 fully saturated rings. The normalized spacial score (nSPS) is 18.7. The molecule has 0 aromatic heterocycles. The zero-order chi connectivity index (χ0) is 59.8. The summed E-state index contributed by atoms with van der Waals surface area (Å²) in [6, 6.07) is 3.08. The first-order valence-electron chi connectivity index (χ1n) is 28.1. The third kappa shape index (κ3) is 20.4. The first-order valence-corrected chi connectivity index (χ1v) is 29.5. The van der Waals surface area contributed by atoms with Crippen molar-refractivity contribution in [2.24, 2.45) is 35.3 Å². The summed E-state index contributed by atoms with van der Waals surface area (Å²) in [6.45, 7) is 18.6. The number of carboxylic acids is 1. The number of carbonyl (C=O) groups is 9. The topological polar surface area (TPSA) is 336 Å². The number of aliphatic carboxylic acids is 1. The standard InChI is InChI=1S/C57H87N9O13S.Na/c1-11-35(9)46(58)53(71)64-48(36(10)12-2)54(72)61-40(28-32(3)4)51(69)63-47(34(7)8)56(74)66-27-17-21-45(66)55(73)65-26-16-20-44(65)52(70)60-42(30-37-18-14-13-15-19-37)49(67)59-41(50(68)62-43(57(75)76)29-33(5)6)31-38-22-24-39(25-23-38)80(77,78)79;/h13-15,18-19,22-25,32-36,40-48H,11-12,16-17,20-21,26-31,58H2,1-10H3,(H,59,67)(H,60,70)(H,61,72)(H,62,68)(H,63,69)(H,64,71)(H,75,76)(H,77,78,79);/q;+1/p-1/t35-,36-,40-,41-,42-,43-,44-,45-,46-,47-,48-;/m0./s1. The Kier molecular flexibility index (Phi) is 27.9. The molecule has 81 heavy (non-hydrogen) atoms. The molecule has 444 valence electrons. The van der Waals surface area contributed by atoms with E-state index < -0.39 is 129 Å². The van der Waals surface area contributed by atoms with Crippen molar-refractivity contribution >= 4 is 63.3 Å². The van der Waals surface area contributed by atoms with Gasteiger partial charge in [0.05, 0.1) is 10.9 Å². The summed E-state index contributed by atoms with van der Waals surface area (Å²) in [5.41, 5.74) is 7.15. The number of nitrogens with one attached hydrogen (secondary N) is 6. The number of likely N-dealkylation sites (tertiary alicyclic amines) is 2. The van der Waals surface area contributed by atoms with Crippen LogP contribution in [0.4, 0.5) is 0 Å². The zero-order valence-corrected chi connectivity index (χ0v) is 51.8. The van der Waals surface area contributed by atoms with Gasteiger partial charge in [0.25, 0.3) is 0 Å². The van der Waals surface area contributed by atoms with E-state index in [9.17, 15) is 61.2 Å². The molecule has 0 bridgehead atoms. The van der Waals surface area contributed by atoms with Gasteiger partial charge in [-0.1, -0.05) is 125 Å². The molecule has 9 N–H and O–H groups in total. The molecule has 2 saturated heterocycles. The number of amides is 8. The SMILES string of the molecule is CC[C@H](C)[C@H](N)C(=O)N[C@H](C(=O)N[C@@H](CC(C)C)C(=O)N[C@H](C(=O)N1CCC[C@H]1C(=O)N1CCC[C@H]1C(=O)N[C@@H](Cc1ccccc1)C(=O)N[C@@H](Cc1ccc(S(=O)(=O)[O-])cc1)C(=O)N[C@@H](CC(C)C)C(=O)O)C(C)C)[C@@H](C)CC.[Na+]. The van der Waals surface area contributed by atoms with Crippen molar-refractivity contribution in [2.45, 2.75) is 193 Å². The summed E-state index contributed by atoms with van der Waals surface area (Å²) in [6.07, 6.45) is 2.44. The molecule has 0 aliphatic carbocycles. The van der Waals surface area contributed by atoms with Gasteiger partial charge in [0.1, 0.15) is 58.5 Å². The predicted molar refractivity (Wildman–Crippen MR) is 298 cm³/mol. The van der Waals surface area contributed by atoms with Crippen molar-refractivity contribution in [2.75, 3.05) is 13.1 Å². The summed E-state index contributed by atoms with van der Waals surface area (Å²) in [5, 5.41) is 26.5. The molecular formula is C57H86N9NaO13S. The molecule has 11 atom stereocenters. The van der Waals surface area contributed by atoms with Crippen LogP contribution >= 0.6 is 0 Å². The molecule has 4 rings (SSSR count). The molecule has 0 spiro atoms. The van der Waals surface area contributed by atoms with Crippen LogP contribution in [0, 0.1) is 29.6 Å². The second-order valence-corrected chi connectivity index (χ2v) is 24.1. The Morgan fingerprint density at radius 3 is 1.58 bits per heavy atom. The average Bonchev–Trinajstić information content (AvgIpc) is 4.11. The first-order chi connectivity index (χ1) is 37.6. The zero-order valence-electron chi connectivity index (χ0n) is 49.0. The van der Waals surface area contributed by atoms with Gasteiger partial charge in [0, 0.05) is 25.9 Å². The molecule has 2 aromatic carbocycles. The van der Waals surface area contributed by atoms with Crippen LogP contribution in [0.25, 0.3) is 0 Å². The van der Waals surface area contributed by atoms with Crippen LogP contribution in [0.3, 0.4) is 0 Å². The Morgan fingerprint density at radius 1 is 0.593 bits per heavy atom. The van der Waals surface area contributed by atoms with Crippen LogP contribution in [0.15, 0.2) is 59.5 Å². The molecule has 0 saturated carbocycles. The third-order valence-electron chi connectivity index (χ3n) is 15.1. The number of hydrogen-bond acceptors (Lipinski definition) is 13. The molecule has 0 unspecified atom stereocenters. The van der Waals surface area contributed by atoms with Gasteiger partial charge in [0.2, 0.25) is 47.3 Å². The molecule has 0 radical (unpaired) electrons. The van der Waals surface area contributed by atoms with Crippen molar-refractivity contribution in [3.05, 3.63) is 65.7 Å². The van der Waals surface area contributed by atoms with E-state index in [1.165, 1.54) is 21.9 Å². The maximum Gasteiger partial charge on any atom is 1.00 e. The number of carbonyl (C=O) groups excluding carboxylic acids is 8. The number of nitrogens with zero attached hydrogens (tertiary/aromatic N) is 2. The Hall–Kier alpha value is -5.46. The van der Waals surface area contributed by atoms with E-state index in [4.69, 9.17) is 5.73 Å². The Balaban J connectivity index is 0.0000172. The first kappa shape index (κ1) is 69.8. The van der Waals surface area contributed by atoms with Gasteiger partial charge in [0.15, 0.2) is 0 Å². The van der Waals surface area contributed by atoms with Crippen molar-refractivity contribution in [1.82, 2.24) is 41.7 Å². The second kappa shape index (κ2) is 32.4. The fourth-order valence-electron chi connectivity index (χ4n) is 9.96. The van der Waals surface area contributed by atoms with Gasteiger partial charge in [-0.25, -0.2) is 13.2 Å². The number of benzene rings is 2. The van der Waals surface area contributed by atoms with Crippen molar-refractivity contribution in [1.29, 1.82) is 0 Å². The molecule has 2 heterocycles. The molecule has 24 heteroatoms. The van der Waals surface area contributed by atoms with Crippen LogP contribution < -0.4 is 67.2 Å². The average molecular weight is 1160 g/mol. The minimum absolute atomic E-state index is 0. The molecule has 22 nitrogen and oxygen atoms in total. The molecule has 2 aliphatic heterocycles. The summed E-state index contributed by atoms with van der Waals surface area (Å²) in [5.74, 6) is -7.54. The van der Waals surface area contributed by atoms with Crippen LogP contribution in [-0.4, -0.2) is 149 Å². The van der Waals surface area contributed by atoms with Crippen LogP contribution in [0.2, 0.25) is 0 Å². The Morgan fingerprint density at radius 2 is 1.06 bits per heavy atom. The van der Waals surface area contributed by atoms with Crippen LogP contribution in [0.1, 0.15) is 132 Å². The maximum atomic E-state index is 14.7. The number of carboxylic acid groups (broad SMARTS) is 1. The van der Waals surface area contributed by atoms with Gasteiger partial charge in [-0.05, 0) is 91.4 Å². The van der Waals surface area contributed by atoms with Gasteiger partial charge in [-0.2, -0.15) is 0 Å². The van der Waals surface area contributed by atoms with Gasteiger partial charge >= 0.3 is 35.5 Å². The summed E-state index contributed by atoms with van der Waals surface area (Å²) in [7, 11) is -4.81. The smallest absolute Gasteiger partial charge is 0.744 e. The van der Waals surface area contributed by atoms with Crippen molar-refractivity contribution in [3.63, 3.8) is 0 Å². The fourth-order valence-corrected chi connectivity index (χ4v) is 10.4. The van der Waals surface area contributed by atoms with Crippen LogP contribution in [-0.2, 0) is 66.1 Å². The molecule has 8 amide bonds. The number of nitrogens with two attached hydrogens (primary N) is 1. The van der Waals surface area contributed by atoms with E-state index in [2.05, 4.69) is 31.9 Å². The number of rotatable bonds is 29. The van der Waals surface area contributed by atoms with Crippen LogP contribution in [0.5, 0.6) is 0 Å². The largest absolute Gasteiger partial charge is 1.00 e. The van der Waals surface area contributed by atoms with Crippen molar-refractivity contribution < 1.29 is 90.8 Å². The monoisotopic (exact) mass is 1160 g/mol. The van der Waals surface area contributed by atoms with E-state index in [1.54, 1.807) is 58.0 Å². The van der Waals surface area contributed by atoms with Crippen molar-refractivity contribution in [3.8, 4) is 0 Å². The second-order valence-electron chi connectivity index (χ2n) is 22.7. The van der Waals surface area contributed by atoms with E-state index in [0.717, 1.165) is 12.1 Å². The van der Waals surface area contributed by atoms with E-state index in [-0.39, 0.29) is 105 Å². The fraction of sp³-hybridized carbons (Fsp3) is 0.632. The summed E-state index contributed by atoms with van der Waals surface area (Å²) >= 11 is 0. The maximum absolute atomic E-state index is 14.7. The third-order valence-corrected chi connectivity index (χ3v) is 16.0. The Labute approximate surface area is 499 Å². The Bertz CT molecular complexity index is 2590. The van der Waals surface area contributed by atoms with Gasteiger partial charge in [-0.3, -0.25) is 38.4 Å². The molecular weight excluding hydrogens is 1070 g/mol. The van der Waals surface area contributed by atoms with Gasteiger partial charge in [-0.15, -0.1) is 0 Å². The van der Waals surface area contributed by atoms with Gasteiger partial charge < -0.3 is 57.1 Å². The van der Waals surface area contributed by atoms with E-state index in [0.29, 0.717) is 36.8 Å². The molecule has 2 aliphatic rings. The summed E-state index contributed by atoms with van der Waals surface area (Å²) < 4.78 is 35.0. The van der Waals surface area contributed by atoms with E-state index >= 15 is 0 Å². The molecule has 2 aromatic rings.